The van der Waals surface area contributed by atoms with Gasteiger partial charge in [-0.15, -0.1) is 0 Å². The van der Waals surface area contributed by atoms with Gasteiger partial charge in [0, 0.05) is 28.6 Å². The lowest BCUT2D eigenvalue weighted by molar-refractivity contribution is -0.316. The van der Waals surface area contributed by atoms with E-state index in [4.69, 9.17) is 18.4 Å². The molecule has 6 heteroatoms. The molecular formula is C44H70NO4P. The molecule has 0 unspecified atom stereocenters. The molecule has 2 heterocycles. The van der Waals surface area contributed by atoms with Gasteiger partial charge in [0.15, 0.2) is 0 Å². The second-order valence-corrected chi connectivity index (χ2v) is 22.1. The maximum Gasteiger partial charge on any atom is 0.463 e. The fourth-order valence-corrected chi connectivity index (χ4v) is 9.47. The molecule has 0 amide bonds. The Labute approximate surface area is 307 Å². The normalized spacial score (nSPS) is 21.4. The third kappa shape index (κ3) is 8.75. The SMILES string of the molecule is CC(C)(C)c1cc2c(c(C(C)(C)C)c1)OP(OC1CC(C)(C)N(OC3CCCCC3)C(C)(C)C1)Oc1c(cc(C(C)(C)C)cc1C(C)(C)C)C2. The number of piperidine rings is 1. The van der Waals surface area contributed by atoms with Crippen molar-refractivity contribution in [2.75, 3.05) is 0 Å². The lowest BCUT2D eigenvalue weighted by Gasteiger charge is -2.54. The highest BCUT2D eigenvalue weighted by Crippen LogP contribution is 2.55. The van der Waals surface area contributed by atoms with Crippen LogP contribution in [0.15, 0.2) is 24.3 Å². The highest BCUT2D eigenvalue weighted by atomic mass is 31.2. The van der Waals surface area contributed by atoms with Crippen molar-refractivity contribution in [2.45, 2.75) is 207 Å². The summed E-state index contributed by atoms with van der Waals surface area (Å²) in [4.78, 5) is 6.83. The summed E-state index contributed by atoms with van der Waals surface area (Å²) >= 11 is 0. The molecule has 1 saturated heterocycles. The Bertz CT molecular complexity index is 1420. The van der Waals surface area contributed by atoms with Crippen molar-refractivity contribution < 1.29 is 18.4 Å². The zero-order chi connectivity index (χ0) is 37.2. The van der Waals surface area contributed by atoms with Gasteiger partial charge in [0.1, 0.15) is 11.5 Å². The first-order valence-corrected chi connectivity index (χ1v) is 20.5. The van der Waals surface area contributed by atoms with Crippen LogP contribution in [0.1, 0.15) is 189 Å². The van der Waals surface area contributed by atoms with Gasteiger partial charge < -0.3 is 9.05 Å². The first-order chi connectivity index (χ1) is 22.8. The largest absolute Gasteiger partial charge is 0.463 e. The molecule has 2 aromatic rings. The Kier molecular flexibility index (Phi) is 10.8. The zero-order valence-corrected chi connectivity index (χ0v) is 35.5. The van der Waals surface area contributed by atoms with Crippen LogP contribution < -0.4 is 9.05 Å². The van der Waals surface area contributed by atoms with Crippen LogP contribution in [-0.2, 0) is 37.4 Å². The van der Waals surface area contributed by atoms with Gasteiger partial charge in [-0.05, 0) is 97.3 Å². The van der Waals surface area contributed by atoms with Gasteiger partial charge in [0.25, 0.3) is 0 Å². The smallest absolute Gasteiger partial charge is 0.417 e. The standard InChI is InChI=1S/C44H70NO4P/c1-39(2,3)31-23-29-22-30-24-32(40(4,5)6)26-36(42(10,11)12)38(30)49-50(48-37(29)35(25-31)41(7,8)9)47-34-27-43(13,14)45(44(15,16)28-34)46-33-20-18-17-19-21-33/h23-26,33-34H,17-22,27-28H2,1-16H3. The van der Waals surface area contributed by atoms with E-state index in [1.54, 1.807) is 0 Å². The van der Waals surface area contributed by atoms with Crippen LogP contribution in [-0.4, -0.2) is 28.3 Å². The summed E-state index contributed by atoms with van der Waals surface area (Å²) in [6.07, 6.45) is 8.79. The number of hydroxylamine groups is 2. The van der Waals surface area contributed by atoms with Crippen molar-refractivity contribution in [1.29, 1.82) is 0 Å². The Hall–Kier alpha value is -1.65. The Morgan fingerprint density at radius 3 is 1.40 bits per heavy atom. The minimum atomic E-state index is -1.79. The van der Waals surface area contributed by atoms with Gasteiger partial charge in [0.05, 0.1) is 12.2 Å². The minimum absolute atomic E-state index is 0.00732. The van der Waals surface area contributed by atoms with Crippen LogP contribution in [0.3, 0.4) is 0 Å². The van der Waals surface area contributed by atoms with Crippen molar-refractivity contribution in [3.05, 3.63) is 57.6 Å². The van der Waals surface area contributed by atoms with E-state index in [1.807, 2.05) is 0 Å². The lowest BCUT2D eigenvalue weighted by atomic mass is 9.76. The predicted molar refractivity (Wildman–Crippen MR) is 211 cm³/mol. The quantitative estimate of drug-likeness (QED) is 0.296. The van der Waals surface area contributed by atoms with E-state index in [9.17, 15) is 0 Å². The fourth-order valence-electron chi connectivity index (χ4n) is 8.23. The molecule has 0 aromatic heterocycles. The molecule has 2 aliphatic heterocycles. The van der Waals surface area contributed by atoms with E-state index in [1.165, 1.54) is 52.6 Å². The van der Waals surface area contributed by atoms with Gasteiger partial charge in [-0.1, -0.05) is 127 Å². The van der Waals surface area contributed by atoms with Crippen molar-refractivity contribution in [1.82, 2.24) is 5.06 Å². The molecule has 2 aromatic carbocycles. The van der Waals surface area contributed by atoms with Crippen LogP contribution in [0.4, 0.5) is 0 Å². The van der Waals surface area contributed by atoms with Crippen LogP contribution >= 0.6 is 8.60 Å². The van der Waals surface area contributed by atoms with Crippen LogP contribution in [0.2, 0.25) is 0 Å². The second kappa shape index (κ2) is 13.6. The molecule has 0 radical (unpaired) electrons. The molecule has 5 nitrogen and oxygen atoms in total. The number of hydrogen-bond donors (Lipinski definition) is 0. The van der Waals surface area contributed by atoms with E-state index < -0.39 is 8.60 Å². The molecule has 0 bridgehead atoms. The first-order valence-electron chi connectivity index (χ1n) is 19.4. The maximum atomic E-state index is 7.16. The maximum absolute atomic E-state index is 7.16. The molecule has 280 valence electrons. The monoisotopic (exact) mass is 708 g/mol. The van der Waals surface area contributed by atoms with E-state index in [-0.39, 0.29) is 38.8 Å². The van der Waals surface area contributed by atoms with E-state index >= 15 is 0 Å². The van der Waals surface area contributed by atoms with E-state index in [0.29, 0.717) is 6.10 Å². The first kappa shape index (κ1) is 39.6. The lowest BCUT2D eigenvalue weighted by Crippen LogP contribution is -2.62. The van der Waals surface area contributed by atoms with Gasteiger partial charge >= 0.3 is 8.60 Å². The van der Waals surface area contributed by atoms with Gasteiger partial charge in [-0.25, -0.2) is 0 Å². The fraction of sp³-hybridized carbons (Fsp3) is 0.727. The van der Waals surface area contributed by atoms with Crippen molar-refractivity contribution in [2.24, 2.45) is 0 Å². The highest BCUT2D eigenvalue weighted by molar-refractivity contribution is 7.42. The van der Waals surface area contributed by atoms with Gasteiger partial charge in [-0.2, -0.15) is 5.06 Å². The van der Waals surface area contributed by atoms with Crippen molar-refractivity contribution in [3.63, 3.8) is 0 Å². The summed E-state index contributed by atoms with van der Waals surface area (Å²) in [7, 11) is -1.79. The van der Waals surface area contributed by atoms with Crippen LogP contribution in [0, 0.1) is 0 Å². The van der Waals surface area contributed by atoms with E-state index in [0.717, 1.165) is 43.6 Å². The third-order valence-corrected chi connectivity index (χ3v) is 12.1. The summed E-state index contributed by atoms with van der Waals surface area (Å²) in [5.41, 5.74) is 6.79. The summed E-state index contributed by atoms with van der Waals surface area (Å²) in [5.74, 6) is 1.86. The number of fused-ring (bicyclic) bond motifs is 2. The van der Waals surface area contributed by atoms with Gasteiger partial charge in [0.2, 0.25) is 0 Å². The second-order valence-electron chi connectivity index (χ2n) is 21.0. The number of benzene rings is 2. The Balaban J connectivity index is 1.62. The van der Waals surface area contributed by atoms with Crippen molar-refractivity contribution in [3.8, 4) is 11.5 Å². The third-order valence-electron chi connectivity index (χ3n) is 11.0. The Morgan fingerprint density at radius 2 is 1.02 bits per heavy atom. The number of rotatable bonds is 4. The van der Waals surface area contributed by atoms with Gasteiger partial charge in [-0.3, -0.25) is 9.36 Å². The molecule has 1 saturated carbocycles. The predicted octanol–water partition coefficient (Wildman–Crippen LogP) is 12.8. The molecule has 0 atom stereocenters. The number of nitrogens with zero attached hydrogens (tertiary/aromatic N) is 1. The van der Waals surface area contributed by atoms with Crippen molar-refractivity contribution >= 4 is 8.60 Å². The highest BCUT2D eigenvalue weighted by Gasteiger charge is 2.49. The summed E-state index contributed by atoms with van der Waals surface area (Å²) < 4.78 is 21.5. The number of hydrogen-bond acceptors (Lipinski definition) is 5. The summed E-state index contributed by atoms with van der Waals surface area (Å²) in [6.45, 7) is 36.8. The molecular weight excluding hydrogens is 637 g/mol. The van der Waals surface area contributed by atoms with E-state index in [2.05, 4.69) is 140 Å². The molecule has 50 heavy (non-hydrogen) atoms. The van der Waals surface area contributed by atoms with Crippen LogP contribution in [0.5, 0.6) is 11.5 Å². The van der Waals surface area contributed by atoms with Crippen LogP contribution in [0.25, 0.3) is 0 Å². The average Bonchev–Trinajstić information content (AvgIpc) is 2.93. The summed E-state index contributed by atoms with van der Waals surface area (Å²) in [6, 6.07) is 9.52. The molecule has 2 fully saturated rings. The Morgan fingerprint density at radius 1 is 0.600 bits per heavy atom. The molecule has 0 N–H and O–H groups in total. The average molecular weight is 708 g/mol. The molecule has 1 aliphatic carbocycles. The molecule has 5 rings (SSSR count). The zero-order valence-electron chi connectivity index (χ0n) is 34.6. The topological polar surface area (TPSA) is 40.2 Å². The molecule has 0 spiro atoms. The summed E-state index contributed by atoms with van der Waals surface area (Å²) in [5, 5.41) is 2.31. The molecule has 3 aliphatic rings. The minimum Gasteiger partial charge on any atom is -0.417 e.